The highest BCUT2D eigenvalue weighted by atomic mass is 32.2. The monoisotopic (exact) mass is 394 g/mol. The second-order valence-corrected chi connectivity index (χ2v) is 7.83. The fraction of sp³-hybridized carbons (Fsp3) is 0.105. The zero-order chi connectivity index (χ0) is 19.7. The molecule has 4 aromatic rings. The second kappa shape index (κ2) is 7.02. The largest absolute Gasteiger partial charge is 0.350 e. The van der Waals surface area contributed by atoms with Crippen molar-refractivity contribution in [3.63, 3.8) is 0 Å². The lowest BCUT2D eigenvalue weighted by Crippen LogP contribution is -2.12. The molecule has 2 heterocycles. The van der Waals surface area contributed by atoms with E-state index in [1.165, 1.54) is 12.4 Å². The van der Waals surface area contributed by atoms with E-state index >= 15 is 0 Å². The molecule has 8 nitrogen and oxygen atoms in total. The van der Waals surface area contributed by atoms with Crippen LogP contribution in [0.15, 0.2) is 65.8 Å². The second-order valence-electron chi connectivity index (χ2n) is 6.30. The van der Waals surface area contributed by atoms with Gasteiger partial charge in [0.25, 0.3) is 0 Å². The first-order valence-electron chi connectivity index (χ1n) is 8.54. The van der Waals surface area contributed by atoms with Crippen LogP contribution in [0.2, 0.25) is 0 Å². The number of primary sulfonamides is 1. The molecule has 0 bridgehead atoms. The van der Waals surface area contributed by atoms with Gasteiger partial charge in [-0.05, 0) is 30.7 Å². The van der Waals surface area contributed by atoms with Gasteiger partial charge >= 0.3 is 0 Å². The predicted molar refractivity (Wildman–Crippen MR) is 107 cm³/mol. The SMILES string of the molecule is Cc1cc2c(S(N)(=O)=O)cccc2n1-c1ncnc(NCc2ccccc2)n1. The molecule has 0 radical (unpaired) electrons. The number of aryl methyl sites for hydroxylation is 1. The number of benzene rings is 2. The van der Waals surface area contributed by atoms with Gasteiger partial charge < -0.3 is 5.32 Å². The summed E-state index contributed by atoms with van der Waals surface area (Å²) in [5, 5.41) is 9.06. The maximum Gasteiger partial charge on any atom is 0.239 e. The number of fused-ring (bicyclic) bond motifs is 1. The average Bonchev–Trinajstić information content (AvgIpc) is 3.02. The third-order valence-electron chi connectivity index (χ3n) is 4.35. The van der Waals surface area contributed by atoms with E-state index in [4.69, 9.17) is 5.14 Å². The number of sulfonamides is 1. The Bertz CT molecular complexity index is 1250. The van der Waals surface area contributed by atoms with E-state index in [2.05, 4.69) is 20.3 Å². The Hall–Kier alpha value is -3.30. The summed E-state index contributed by atoms with van der Waals surface area (Å²) in [5.74, 6) is 0.822. The molecule has 0 fully saturated rings. The first kappa shape index (κ1) is 18.1. The van der Waals surface area contributed by atoms with Crippen LogP contribution in [-0.4, -0.2) is 27.9 Å². The minimum Gasteiger partial charge on any atom is -0.350 e. The molecular weight excluding hydrogens is 376 g/mol. The van der Waals surface area contributed by atoms with Gasteiger partial charge in [-0.15, -0.1) is 0 Å². The van der Waals surface area contributed by atoms with Crippen molar-refractivity contribution < 1.29 is 8.42 Å². The fourth-order valence-electron chi connectivity index (χ4n) is 3.11. The Morgan fingerprint density at radius 2 is 1.86 bits per heavy atom. The summed E-state index contributed by atoms with van der Waals surface area (Å²) in [6.07, 6.45) is 1.42. The zero-order valence-corrected chi connectivity index (χ0v) is 15.9. The van der Waals surface area contributed by atoms with Crippen LogP contribution in [-0.2, 0) is 16.6 Å². The number of nitrogens with two attached hydrogens (primary N) is 1. The molecular formula is C19H18N6O2S. The fourth-order valence-corrected chi connectivity index (χ4v) is 3.85. The summed E-state index contributed by atoms with van der Waals surface area (Å²) < 4.78 is 25.6. The van der Waals surface area contributed by atoms with E-state index in [9.17, 15) is 8.42 Å². The van der Waals surface area contributed by atoms with Crippen LogP contribution in [0.5, 0.6) is 0 Å². The smallest absolute Gasteiger partial charge is 0.239 e. The van der Waals surface area contributed by atoms with Crippen LogP contribution in [0.25, 0.3) is 16.9 Å². The van der Waals surface area contributed by atoms with Gasteiger partial charge in [-0.2, -0.15) is 4.98 Å². The molecule has 4 rings (SSSR count). The topological polar surface area (TPSA) is 116 Å². The lowest BCUT2D eigenvalue weighted by Gasteiger charge is -2.09. The van der Waals surface area contributed by atoms with Gasteiger partial charge in [-0.25, -0.2) is 23.5 Å². The van der Waals surface area contributed by atoms with Crippen LogP contribution in [0.4, 0.5) is 5.95 Å². The van der Waals surface area contributed by atoms with Gasteiger partial charge in [0.2, 0.25) is 21.9 Å². The molecule has 0 unspecified atom stereocenters. The van der Waals surface area contributed by atoms with Gasteiger partial charge in [0, 0.05) is 17.6 Å². The number of hydrogen-bond donors (Lipinski definition) is 2. The van der Waals surface area contributed by atoms with Crippen LogP contribution >= 0.6 is 0 Å². The maximum absolute atomic E-state index is 11.9. The first-order valence-corrected chi connectivity index (χ1v) is 10.1. The minimum absolute atomic E-state index is 0.0725. The van der Waals surface area contributed by atoms with Crippen LogP contribution in [0.1, 0.15) is 11.3 Å². The van der Waals surface area contributed by atoms with Crippen molar-refractivity contribution in [1.82, 2.24) is 19.5 Å². The van der Waals surface area contributed by atoms with E-state index in [-0.39, 0.29) is 4.90 Å². The molecule has 0 amide bonds. The maximum atomic E-state index is 11.9. The lowest BCUT2D eigenvalue weighted by atomic mass is 10.2. The summed E-state index contributed by atoms with van der Waals surface area (Å²) in [7, 11) is -3.84. The van der Waals surface area contributed by atoms with Crippen molar-refractivity contribution >= 4 is 26.9 Å². The number of nitrogens with one attached hydrogen (secondary N) is 1. The first-order chi connectivity index (χ1) is 13.4. The van der Waals surface area contributed by atoms with E-state index in [1.807, 2.05) is 37.3 Å². The molecule has 0 aliphatic rings. The van der Waals surface area contributed by atoms with Crippen molar-refractivity contribution in [2.45, 2.75) is 18.4 Å². The number of nitrogens with zero attached hydrogens (tertiary/aromatic N) is 4. The minimum atomic E-state index is -3.84. The molecule has 0 saturated carbocycles. The number of aromatic nitrogens is 4. The highest BCUT2D eigenvalue weighted by Gasteiger charge is 2.18. The van der Waals surface area contributed by atoms with E-state index < -0.39 is 10.0 Å². The van der Waals surface area contributed by atoms with Gasteiger partial charge in [0.15, 0.2) is 0 Å². The number of hydrogen-bond acceptors (Lipinski definition) is 6. The molecule has 2 aromatic heterocycles. The van der Waals surface area contributed by atoms with E-state index in [1.54, 1.807) is 22.8 Å². The molecule has 0 atom stereocenters. The molecule has 9 heteroatoms. The summed E-state index contributed by atoms with van der Waals surface area (Å²) in [4.78, 5) is 13.0. The van der Waals surface area contributed by atoms with Gasteiger partial charge in [0.1, 0.15) is 6.33 Å². The normalized spacial score (nSPS) is 11.6. The molecule has 28 heavy (non-hydrogen) atoms. The molecule has 2 aromatic carbocycles. The summed E-state index contributed by atoms with van der Waals surface area (Å²) in [6.45, 7) is 2.43. The van der Waals surface area contributed by atoms with Crippen molar-refractivity contribution in [3.8, 4) is 5.95 Å². The van der Waals surface area contributed by atoms with Crippen LogP contribution in [0, 0.1) is 6.92 Å². The summed E-state index contributed by atoms with van der Waals surface area (Å²) in [5.41, 5.74) is 2.54. The van der Waals surface area contributed by atoms with Crippen LogP contribution in [0.3, 0.4) is 0 Å². The lowest BCUT2D eigenvalue weighted by molar-refractivity contribution is 0.598. The van der Waals surface area contributed by atoms with Gasteiger partial charge in [-0.1, -0.05) is 36.4 Å². The summed E-state index contributed by atoms with van der Waals surface area (Å²) >= 11 is 0. The molecule has 0 saturated heterocycles. The quantitative estimate of drug-likeness (QED) is 0.537. The van der Waals surface area contributed by atoms with Crippen molar-refractivity contribution in [2.75, 3.05) is 5.32 Å². The Labute approximate surface area is 162 Å². The highest BCUT2D eigenvalue weighted by molar-refractivity contribution is 7.89. The Morgan fingerprint density at radius 1 is 1.07 bits per heavy atom. The number of anilines is 1. The van der Waals surface area contributed by atoms with Crippen molar-refractivity contribution in [2.24, 2.45) is 5.14 Å². The Balaban J connectivity index is 1.74. The van der Waals surface area contributed by atoms with Gasteiger partial charge in [-0.3, -0.25) is 4.57 Å². The third kappa shape index (κ3) is 3.45. The molecule has 0 aliphatic heterocycles. The zero-order valence-electron chi connectivity index (χ0n) is 15.1. The Morgan fingerprint density at radius 3 is 2.61 bits per heavy atom. The van der Waals surface area contributed by atoms with Crippen molar-refractivity contribution in [1.29, 1.82) is 0 Å². The highest BCUT2D eigenvalue weighted by Crippen LogP contribution is 2.27. The average molecular weight is 394 g/mol. The van der Waals surface area contributed by atoms with Gasteiger partial charge in [0.05, 0.1) is 10.4 Å². The third-order valence-corrected chi connectivity index (χ3v) is 5.32. The molecule has 3 N–H and O–H groups in total. The van der Waals surface area contributed by atoms with E-state index in [0.29, 0.717) is 29.3 Å². The standard InChI is InChI=1S/C19H18N6O2S/c1-13-10-15-16(8-5-9-17(15)28(20,26)27)25(13)19-23-12-22-18(24-19)21-11-14-6-3-2-4-7-14/h2-10,12H,11H2,1H3,(H2,20,26,27)(H,21,22,23,24). The number of rotatable bonds is 5. The molecule has 142 valence electrons. The molecule has 0 aliphatic carbocycles. The summed E-state index contributed by atoms with van der Waals surface area (Å²) in [6, 6.07) is 16.6. The van der Waals surface area contributed by atoms with Crippen molar-refractivity contribution in [3.05, 3.63) is 72.2 Å². The van der Waals surface area contributed by atoms with Crippen LogP contribution < -0.4 is 10.5 Å². The molecule has 0 spiro atoms. The predicted octanol–water partition coefficient (Wildman–Crippen LogP) is 2.38. The Kier molecular flexibility index (Phi) is 4.54. The van der Waals surface area contributed by atoms with E-state index in [0.717, 1.165) is 11.3 Å².